The second-order valence-electron chi connectivity index (χ2n) is 3.40. The van der Waals surface area contributed by atoms with Gasteiger partial charge in [-0.05, 0) is 18.2 Å². The lowest BCUT2D eigenvalue weighted by molar-refractivity contribution is 0.218. The molecule has 0 aliphatic carbocycles. The summed E-state index contributed by atoms with van der Waals surface area (Å²) in [5.74, 6) is 0.883. The molecule has 0 bridgehead atoms. The summed E-state index contributed by atoms with van der Waals surface area (Å²) < 4.78 is 7.05. The van der Waals surface area contributed by atoms with Gasteiger partial charge >= 0.3 is 0 Å². The Morgan fingerprint density at radius 2 is 2.35 bits per heavy atom. The summed E-state index contributed by atoms with van der Waals surface area (Å²) in [4.78, 5) is 4.32. The van der Waals surface area contributed by atoms with Crippen LogP contribution in [0.4, 0.5) is 0 Å². The third kappa shape index (κ3) is 3.25. The van der Waals surface area contributed by atoms with Gasteiger partial charge < -0.3 is 4.74 Å². The van der Waals surface area contributed by atoms with Gasteiger partial charge in [0, 0.05) is 36.0 Å². The smallest absolute Gasteiger partial charge is 0.172 e. The Morgan fingerprint density at radius 3 is 3.12 bits per heavy atom. The Morgan fingerprint density at radius 1 is 1.47 bits per heavy atom. The van der Waals surface area contributed by atoms with Crippen molar-refractivity contribution in [3.05, 3.63) is 41.7 Å². The van der Waals surface area contributed by atoms with Crippen LogP contribution >= 0.6 is 23.4 Å². The van der Waals surface area contributed by atoms with Gasteiger partial charge in [-0.15, -0.1) is 0 Å². The van der Waals surface area contributed by atoms with Gasteiger partial charge in [0.05, 0.1) is 6.61 Å². The lowest BCUT2D eigenvalue weighted by atomic mass is 10.3. The van der Waals surface area contributed by atoms with Gasteiger partial charge in [-0.2, -0.15) is 0 Å². The fourth-order valence-corrected chi connectivity index (χ4v) is 2.49. The SMILES string of the molecule is COCCSc1nccn1-c1cccc(Cl)c1. The van der Waals surface area contributed by atoms with Gasteiger partial charge in [0.15, 0.2) is 5.16 Å². The molecule has 0 N–H and O–H groups in total. The van der Waals surface area contributed by atoms with Gasteiger partial charge in [-0.1, -0.05) is 29.4 Å². The average molecular weight is 269 g/mol. The highest BCUT2D eigenvalue weighted by atomic mass is 35.5. The molecule has 0 unspecified atom stereocenters. The first kappa shape index (κ1) is 12.5. The molecule has 0 saturated heterocycles. The van der Waals surface area contributed by atoms with Crippen molar-refractivity contribution in [2.45, 2.75) is 5.16 Å². The molecule has 0 saturated carbocycles. The van der Waals surface area contributed by atoms with Crippen LogP contribution in [-0.2, 0) is 4.74 Å². The maximum absolute atomic E-state index is 5.98. The Balaban J connectivity index is 2.18. The van der Waals surface area contributed by atoms with E-state index in [2.05, 4.69) is 4.98 Å². The van der Waals surface area contributed by atoms with Gasteiger partial charge in [-0.25, -0.2) is 4.98 Å². The Hall–Kier alpha value is -0.970. The molecule has 0 amide bonds. The maximum Gasteiger partial charge on any atom is 0.172 e. The second kappa shape index (κ2) is 6.10. The van der Waals surface area contributed by atoms with Crippen molar-refractivity contribution >= 4 is 23.4 Å². The minimum absolute atomic E-state index is 0.715. The first-order valence-corrected chi connectivity index (χ1v) is 6.58. The summed E-state index contributed by atoms with van der Waals surface area (Å²) in [5.41, 5.74) is 1.02. The fraction of sp³-hybridized carbons (Fsp3) is 0.250. The molecule has 0 aliphatic heterocycles. The topological polar surface area (TPSA) is 27.1 Å². The molecule has 17 heavy (non-hydrogen) atoms. The van der Waals surface area contributed by atoms with E-state index in [4.69, 9.17) is 16.3 Å². The maximum atomic E-state index is 5.98. The zero-order valence-electron chi connectivity index (χ0n) is 9.47. The minimum Gasteiger partial charge on any atom is -0.384 e. The van der Waals surface area contributed by atoms with Crippen molar-refractivity contribution in [2.75, 3.05) is 19.5 Å². The Labute approximate surface area is 110 Å². The number of nitrogens with zero attached hydrogens (tertiary/aromatic N) is 2. The van der Waals surface area contributed by atoms with E-state index in [1.807, 2.05) is 35.0 Å². The van der Waals surface area contributed by atoms with Crippen LogP contribution in [0.1, 0.15) is 0 Å². The van der Waals surface area contributed by atoms with Crippen LogP contribution in [0, 0.1) is 0 Å². The van der Waals surface area contributed by atoms with E-state index in [-0.39, 0.29) is 0 Å². The number of benzene rings is 1. The highest BCUT2D eigenvalue weighted by Crippen LogP contribution is 2.22. The van der Waals surface area contributed by atoms with Crippen LogP contribution in [0.3, 0.4) is 0 Å². The minimum atomic E-state index is 0.715. The van der Waals surface area contributed by atoms with Crippen molar-refractivity contribution in [2.24, 2.45) is 0 Å². The van der Waals surface area contributed by atoms with Crippen LogP contribution in [0.15, 0.2) is 41.8 Å². The van der Waals surface area contributed by atoms with E-state index >= 15 is 0 Å². The highest BCUT2D eigenvalue weighted by Gasteiger charge is 2.05. The summed E-state index contributed by atoms with van der Waals surface area (Å²) >= 11 is 7.64. The lowest BCUT2D eigenvalue weighted by Gasteiger charge is -2.07. The summed E-state index contributed by atoms with van der Waals surface area (Å²) in [7, 11) is 1.70. The van der Waals surface area contributed by atoms with Crippen LogP contribution in [0.5, 0.6) is 0 Å². The molecule has 1 aromatic carbocycles. The van der Waals surface area contributed by atoms with E-state index in [9.17, 15) is 0 Å². The first-order chi connectivity index (χ1) is 8.31. The van der Waals surface area contributed by atoms with Crippen molar-refractivity contribution in [3.8, 4) is 5.69 Å². The third-order valence-corrected chi connectivity index (χ3v) is 3.38. The normalized spacial score (nSPS) is 10.7. The third-order valence-electron chi connectivity index (χ3n) is 2.21. The number of ether oxygens (including phenoxy) is 1. The van der Waals surface area contributed by atoms with Gasteiger partial charge in [-0.3, -0.25) is 4.57 Å². The number of rotatable bonds is 5. The monoisotopic (exact) mass is 268 g/mol. The summed E-state index contributed by atoms with van der Waals surface area (Å²) in [6.07, 6.45) is 3.72. The number of thioether (sulfide) groups is 1. The molecular weight excluding hydrogens is 256 g/mol. The summed E-state index contributed by atoms with van der Waals surface area (Å²) in [5, 5.41) is 1.67. The van der Waals surface area contributed by atoms with Crippen LogP contribution in [0.25, 0.3) is 5.69 Å². The van der Waals surface area contributed by atoms with Crippen molar-refractivity contribution < 1.29 is 4.74 Å². The highest BCUT2D eigenvalue weighted by molar-refractivity contribution is 7.99. The standard InChI is InChI=1S/C12H13ClN2OS/c1-16-7-8-17-12-14-5-6-15(12)11-4-2-3-10(13)9-11/h2-6,9H,7-8H2,1H3. The summed E-state index contributed by atoms with van der Waals surface area (Å²) in [6, 6.07) is 7.72. The van der Waals surface area contributed by atoms with Crippen molar-refractivity contribution in [1.29, 1.82) is 0 Å². The quantitative estimate of drug-likeness (QED) is 0.615. The van der Waals surface area contributed by atoms with Gasteiger partial charge in [0.25, 0.3) is 0 Å². The van der Waals surface area contributed by atoms with Crippen molar-refractivity contribution in [1.82, 2.24) is 9.55 Å². The molecule has 5 heteroatoms. The van der Waals surface area contributed by atoms with Crippen LogP contribution in [0.2, 0.25) is 5.02 Å². The number of imidazole rings is 1. The van der Waals surface area contributed by atoms with Crippen LogP contribution in [-0.4, -0.2) is 29.0 Å². The second-order valence-corrected chi connectivity index (χ2v) is 4.90. The zero-order valence-corrected chi connectivity index (χ0v) is 11.0. The van der Waals surface area contributed by atoms with Crippen LogP contribution < -0.4 is 0 Å². The zero-order chi connectivity index (χ0) is 12.1. The number of hydrogen-bond donors (Lipinski definition) is 0. The molecule has 90 valence electrons. The molecule has 1 heterocycles. The fourth-order valence-electron chi connectivity index (χ4n) is 1.44. The van der Waals surface area contributed by atoms with Gasteiger partial charge in [0.1, 0.15) is 0 Å². The Kier molecular flexibility index (Phi) is 4.48. The lowest BCUT2D eigenvalue weighted by Crippen LogP contribution is -1.98. The van der Waals surface area contributed by atoms with Crippen molar-refractivity contribution in [3.63, 3.8) is 0 Å². The molecule has 0 fully saturated rings. The largest absolute Gasteiger partial charge is 0.384 e. The van der Waals surface area contributed by atoms with E-state index in [1.165, 1.54) is 0 Å². The molecule has 1 aromatic heterocycles. The Bertz CT molecular complexity index is 487. The van der Waals surface area contributed by atoms with E-state index < -0.39 is 0 Å². The predicted octanol–water partition coefficient (Wildman–Crippen LogP) is 3.26. The molecule has 0 aliphatic rings. The number of halogens is 1. The van der Waals surface area contributed by atoms with Gasteiger partial charge in [0.2, 0.25) is 0 Å². The summed E-state index contributed by atoms with van der Waals surface area (Å²) in [6.45, 7) is 0.715. The predicted molar refractivity (Wildman–Crippen MR) is 71.2 cm³/mol. The van der Waals surface area contributed by atoms with E-state index in [0.717, 1.165) is 21.6 Å². The molecule has 0 radical (unpaired) electrons. The molecule has 3 nitrogen and oxygen atoms in total. The van der Waals surface area contributed by atoms with E-state index in [0.29, 0.717) is 6.61 Å². The number of hydrogen-bond acceptors (Lipinski definition) is 3. The number of methoxy groups -OCH3 is 1. The average Bonchev–Trinajstić information content (AvgIpc) is 2.78. The number of aromatic nitrogens is 2. The molecule has 0 spiro atoms. The molecular formula is C12H13ClN2OS. The first-order valence-electron chi connectivity index (χ1n) is 5.22. The van der Waals surface area contributed by atoms with E-state index in [1.54, 1.807) is 25.1 Å². The molecule has 2 aromatic rings. The molecule has 0 atom stereocenters. The molecule has 2 rings (SSSR count).